The number of carbonyl (C=O) groups excluding carboxylic acids is 1. The number of thioether (sulfide) groups is 1. The molecule has 0 unspecified atom stereocenters. The second-order valence-electron chi connectivity index (χ2n) is 6.15. The zero-order valence-corrected chi connectivity index (χ0v) is 16.3. The highest BCUT2D eigenvalue weighted by molar-refractivity contribution is 8.15. The lowest BCUT2D eigenvalue weighted by Crippen LogP contribution is -2.22. The van der Waals surface area contributed by atoms with Crippen molar-refractivity contribution < 1.29 is 13.2 Å². The Labute approximate surface area is 157 Å². The molecule has 1 aliphatic rings. The minimum atomic E-state index is -3.75. The molecule has 0 aromatic heterocycles. The first kappa shape index (κ1) is 18.5. The van der Waals surface area contributed by atoms with Gasteiger partial charge in [-0.15, -0.1) is 4.40 Å². The van der Waals surface area contributed by atoms with Crippen LogP contribution in [0.5, 0.6) is 0 Å². The van der Waals surface area contributed by atoms with Crippen molar-refractivity contribution in [3.63, 3.8) is 0 Å². The van der Waals surface area contributed by atoms with E-state index in [0.29, 0.717) is 5.69 Å². The van der Waals surface area contributed by atoms with Gasteiger partial charge in [0.1, 0.15) is 4.90 Å². The highest BCUT2D eigenvalue weighted by Gasteiger charge is 2.25. The van der Waals surface area contributed by atoms with Gasteiger partial charge in [-0.3, -0.25) is 4.79 Å². The predicted octanol–water partition coefficient (Wildman–Crippen LogP) is 3.45. The lowest BCUT2D eigenvalue weighted by atomic mass is 10.1. The van der Waals surface area contributed by atoms with Crippen LogP contribution in [0.15, 0.2) is 45.7 Å². The molecule has 0 saturated heterocycles. The lowest BCUT2D eigenvalue weighted by molar-refractivity contribution is -0.113. The van der Waals surface area contributed by atoms with E-state index in [0.717, 1.165) is 34.1 Å². The average molecular weight is 390 g/mol. The van der Waals surface area contributed by atoms with Crippen LogP contribution >= 0.6 is 11.8 Å². The van der Waals surface area contributed by atoms with Crippen molar-refractivity contribution in [3.8, 4) is 0 Å². The van der Waals surface area contributed by atoms with Crippen LogP contribution in [-0.4, -0.2) is 25.2 Å². The standard InChI is InChI=1S/C18H19N3O3S2/c1-11-4-6-13(3)14(8-11)19-17(22)10-25-18-20-15-9-12(2)5-7-16(15)26(23,24)21-18/h4-9H,10H2,1-3H3,(H,19,22)(H,20,21). The van der Waals surface area contributed by atoms with E-state index in [9.17, 15) is 13.2 Å². The number of benzene rings is 2. The molecule has 1 amide bonds. The van der Waals surface area contributed by atoms with Crippen molar-refractivity contribution in [1.29, 1.82) is 0 Å². The van der Waals surface area contributed by atoms with Crippen LogP contribution in [0.3, 0.4) is 0 Å². The van der Waals surface area contributed by atoms with Gasteiger partial charge in [-0.2, -0.15) is 8.42 Å². The maximum atomic E-state index is 12.3. The summed E-state index contributed by atoms with van der Waals surface area (Å²) >= 11 is 1.05. The van der Waals surface area contributed by atoms with Crippen molar-refractivity contribution >= 4 is 44.2 Å². The maximum absolute atomic E-state index is 12.3. The molecule has 0 fully saturated rings. The number of fused-ring (bicyclic) bond motifs is 1. The zero-order chi connectivity index (χ0) is 18.9. The van der Waals surface area contributed by atoms with Crippen LogP contribution in [-0.2, 0) is 14.8 Å². The van der Waals surface area contributed by atoms with E-state index in [4.69, 9.17) is 0 Å². The summed E-state index contributed by atoms with van der Waals surface area (Å²) in [4.78, 5) is 12.4. The molecule has 2 aromatic rings. The summed E-state index contributed by atoms with van der Waals surface area (Å²) in [7, 11) is -3.75. The molecule has 0 radical (unpaired) electrons. The number of amides is 1. The largest absolute Gasteiger partial charge is 0.333 e. The number of aryl methyl sites for hydroxylation is 3. The van der Waals surface area contributed by atoms with Crippen LogP contribution < -0.4 is 10.6 Å². The van der Waals surface area contributed by atoms with Crippen molar-refractivity contribution in [2.24, 2.45) is 4.40 Å². The molecule has 1 aliphatic heterocycles. The number of nitrogens with one attached hydrogen (secondary N) is 2. The number of anilines is 2. The first-order chi connectivity index (χ1) is 12.2. The summed E-state index contributed by atoms with van der Waals surface area (Å²) in [5.74, 6) is -0.170. The highest BCUT2D eigenvalue weighted by Crippen LogP contribution is 2.30. The van der Waals surface area contributed by atoms with Crippen molar-refractivity contribution in [2.75, 3.05) is 16.4 Å². The van der Waals surface area contributed by atoms with Gasteiger partial charge >= 0.3 is 0 Å². The van der Waals surface area contributed by atoms with Crippen LogP contribution in [0.25, 0.3) is 0 Å². The Morgan fingerprint density at radius 2 is 1.81 bits per heavy atom. The van der Waals surface area contributed by atoms with E-state index in [1.807, 2.05) is 39.0 Å². The van der Waals surface area contributed by atoms with Crippen LogP contribution in [0, 0.1) is 20.8 Å². The predicted molar refractivity (Wildman–Crippen MR) is 106 cm³/mol. The topological polar surface area (TPSA) is 87.6 Å². The molecule has 0 saturated carbocycles. The molecule has 0 bridgehead atoms. The summed E-state index contributed by atoms with van der Waals surface area (Å²) < 4.78 is 28.3. The molecule has 3 rings (SSSR count). The normalized spacial score (nSPS) is 14.8. The molecule has 26 heavy (non-hydrogen) atoms. The monoisotopic (exact) mass is 389 g/mol. The van der Waals surface area contributed by atoms with Crippen molar-refractivity contribution in [1.82, 2.24) is 0 Å². The molecule has 6 nitrogen and oxygen atoms in total. The van der Waals surface area contributed by atoms with Gasteiger partial charge in [-0.1, -0.05) is 30.0 Å². The molecule has 8 heteroatoms. The lowest BCUT2D eigenvalue weighted by Gasteiger charge is -2.18. The van der Waals surface area contributed by atoms with Gasteiger partial charge in [0.15, 0.2) is 5.17 Å². The molecule has 0 aliphatic carbocycles. The Hall–Kier alpha value is -2.32. The molecule has 136 valence electrons. The van der Waals surface area contributed by atoms with Crippen LogP contribution in [0.1, 0.15) is 16.7 Å². The van der Waals surface area contributed by atoms with Gasteiger partial charge < -0.3 is 10.6 Å². The van der Waals surface area contributed by atoms with Crippen molar-refractivity contribution in [3.05, 3.63) is 53.1 Å². The summed E-state index contributed by atoms with van der Waals surface area (Å²) in [5.41, 5.74) is 4.19. The van der Waals surface area contributed by atoms with E-state index < -0.39 is 10.0 Å². The molecule has 1 heterocycles. The summed E-state index contributed by atoms with van der Waals surface area (Å²) in [6.07, 6.45) is 0. The fourth-order valence-corrected chi connectivity index (χ4v) is 4.53. The summed E-state index contributed by atoms with van der Waals surface area (Å²) in [5, 5.41) is 6.03. The molecule has 2 aromatic carbocycles. The number of sulfonamides is 1. The van der Waals surface area contributed by atoms with E-state index in [1.165, 1.54) is 6.07 Å². The Morgan fingerprint density at radius 1 is 1.12 bits per heavy atom. The third kappa shape index (κ3) is 4.08. The fraction of sp³-hybridized carbons (Fsp3) is 0.222. The molecular formula is C18H19N3O3S2. The molecule has 0 spiro atoms. The highest BCUT2D eigenvalue weighted by atomic mass is 32.2. The number of hydrogen-bond acceptors (Lipinski definition) is 5. The number of rotatable bonds is 3. The first-order valence-corrected chi connectivity index (χ1v) is 10.4. The van der Waals surface area contributed by atoms with E-state index in [2.05, 4.69) is 15.0 Å². The van der Waals surface area contributed by atoms with Gasteiger partial charge in [0.05, 0.1) is 11.4 Å². The Bertz CT molecular complexity index is 1010. The second-order valence-corrected chi connectivity index (χ2v) is 8.69. The van der Waals surface area contributed by atoms with Crippen LogP contribution in [0.4, 0.5) is 11.4 Å². The van der Waals surface area contributed by atoms with E-state index >= 15 is 0 Å². The third-order valence-corrected chi connectivity index (χ3v) is 6.19. The number of carbonyl (C=O) groups is 1. The van der Waals surface area contributed by atoms with Crippen molar-refractivity contribution in [2.45, 2.75) is 25.7 Å². The van der Waals surface area contributed by atoms with Gasteiger partial charge in [-0.05, 0) is 55.7 Å². The molecule has 2 N–H and O–H groups in total. The second kappa shape index (κ2) is 7.13. The third-order valence-electron chi connectivity index (χ3n) is 3.86. The number of amidine groups is 1. The van der Waals surface area contributed by atoms with Gasteiger partial charge in [-0.25, -0.2) is 0 Å². The number of hydrogen-bond donors (Lipinski definition) is 2. The van der Waals surface area contributed by atoms with E-state index in [1.54, 1.807) is 12.1 Å². The molecular weight excluding hydrogens is 370 g/mol. The number of nitrogens with zero attached hydrogens (tertiary/aromatic N) is 1. The maximum Gasteiger partial charge on any atom is 0.286 e. The molecule has 0 atom stereocenters. The van der Waals surface area contributed by atoms with Crippen LogP contribution in [0.2, 0.25) is 0 Å². The Balaban J connectivity index is 1.69. The summed E-state index contributed by atoms with van der Waals surface area (Å²) in [6.45, 7) is 5.75. The van der Waals surface area contributed by atoms with Gasteiger partial charge in [0.25, 0.3) is 10.0 Å². The Morgan fingerprint density at radius 3 is 2.58 bits per heavy atom. The smallest absolute Gasteiger partial charge is 0.286 e. The van der Waals surface area contributed by atoms with Gasteiger partial charge in [0, 0.05) is 5.69 Å². The minimum Gasteiger partial charge on any atom is -0.333 e. The average Bonchev–Trinajstić information content (AvgIpc) is 2.55. The SMILES string of the molecule is Cc1ccc(C)c(NC(=O)CSC2=NS(=O)(=O)c3ccc(C)cc3N2)c1. The minimum absolute atomic E-state index is 0.0515. The quantitative estimate of drug-likeness (QED) is 0.839. The van der Waals surface area contributed by atoms with Gasteiger partial charge in [0.2, 0.25) is 5.91 Å². The fourth-order valence-electron chi connectivity index (χ4n) is 2.52. The Kier molecular flexibility index (Phi) is 5.06. The summed E-state index contributed by atoms with van der Waals surface area (Å²) in [6, 6.07) is 10.8. The zero-order valence-electron chi connectivity index (χ0n) is 14.7. The first-order valence-electron chi connectivity index (χ1n) is 7.97. The van der Waals surface area contributed by atoms with E-state index in [-0.39, 0.29) is 21.7 Å².